The van der Waals surface area contributed by atoms with Crippen LogP contribution in [0, 0.1) is 0 Å². The van der Waals surface area contributed by atoms with E-state index in [4.69, 9.17) is 11.6 Å². The summed E-state index contributed by atoms with van der Waals surface area (Å²) in [5, 5.41) is 15.8. The van der Waals surface area contributed by atoms with Crippen LogP contribution in [-0.2, 0) is 17.6 Å². The highest BCUT2D eigenvalue weighted by Gasteiger charge is 2.15. The van der Waals surface area contributed by atoms with Crippen LogP contribution in [0.2, 0.25) is 5.02 Å². The SMILES string of the molecule is CCc1nc(CC(=O)NC(CO)c2ccc(Cl)cc2)cs1. The zero-order chi connectivity index (χ0) is 15.2. The van der Waals surface area contributed by atoms with E-state index < -0.39 is 6.04 Å². The van der Waals surface area contributed by atoms with Gasteiger partial charge < -0.3 is 10.4 Å². The van der Waals surface area contributed by atoms with Crippen LogP contribution < -0.4 is 5.32 Å². The number of aliphatic hydroxyl groups is 1. The van der Waals surface area contributed by atoms with E-state index in [2.05, 4.69) is 10.3 Å². The van der Waals surface area contributed by atoms with Gasteiger partial charge in [-0.25, -0.2) is 4.98 Å². The topological polar surface area (TPSA) is 62.2 Å². The quantitative estimate of drug-likeness (QED) is 0.859. The molecule has 21 heavy (non-hydrogen) atoms. The second kappa shape index (κ2) is 7.54. The average molecular weight is 325 g/mol. The third-order valence-electron chi connectivity index (χ3n) is 3.03. The molecule has 0 bridgehead atoms. The fourth-order valence-electron chi connectivity index (χ4n) is 1.93. The van der Waals surface area contributed by atoms with Crippen molar-refractivity contribution in [3.63, 3.8) is 0 Å². The number of nitrogens with zero attached hydrogens (tertiary/aromatic N) is 1. The van der Waals surface area contributed by atoms with Crippen LogP contribution in [0.3, 0.4) is 0 Å². The number of aromatic nitrogens is 1. The number of carbonyl (C=O) groups excluding carboxylic acids is 1. The van der Waals surface area contributed by atoms with Gasteiger partial charge in [0.25, 0.3) is 0 Å². The normalized spacial score (nSPS) is 12.1. The van der Waals surface area contributed by atoms with Crippen molar-refractivity contribution >= 4 is 28.8 Å². The number of nitrogens with one attached hydrogen (secondary N) is 1. The van der Waals surface area contributed by atoms with Crippen LogP contribution in [-0.4, -0.2) is 22.6 Å². The van der Waals surface area contributed by atoms with Crippen molar-refractivity contribution in [2.45, 2.75) is 25.8 Å². The lowest BCUT2D eigenvalue weighted by Crippen LogP contribution is -2.32. The van der Waals surface area contributed by atoms with Gasteiger partial charge in [0.15, 0.2) is 0 Å². The summed E-state index contributed by atoms with van der Waals surface area (Å²) in [7, 11) is 0. The number of rotatable bonds is 6. The highest BCUT2D eigenvalue weighted by atomic mass is 35.5. The number of benzene rings is 1. The Morgan fingerprint density at radius 1 is 1.43 bits per heavy atom. The summed E-state index contributed by atoms with van der Waals surface area (Å²) in [6, 6.07) is 6.63. The number of aliphatic hydroxyl groups excluding tert-OH is 1. The second-order valence-electron chi connectivity index (χ2n) is 4.62. The summed E-state index contributed by atoms with van der Waals surface area (Å²) >= 11 is 7.39. The Bertz CT molecular complexity index is 598. The minimum absolute atomic E-state index is 0.156. The summed E-state index contributed by atoms with van der Waals surface area (Å²) in [4.78, 5) is 16.4. The molecule has 0 radical (unpaired) electrons. The van der Waals surface area contributed by atoms with Crippen molar-refractivity contribution < 1.29 is 9.90 Å². The molecule has 0 fully saturated rings. The third kappa shape index (κ3) is 4.52. The van der Waals surface area contributed by atoms with Gasteiger partial charge in [0, 0.05) is 10.4 Å². The average Bonchev–Trinajstić information content (AvgIpc) is 2.93. The molecule has 1 heterocycles. The fourth-order valence-corrected chi connectivity index (χ4v) is 2.80. The summed E-state index contributed by atoms with van der Waals surface area (Å²) in [5.74, 6) is -0.156. The fraction of sp³-hybridized carbons (Fsp3) is 0.333. The first-order valence-corrected chi connectivity index (χ1v) is 7.97. The van der Waals surface area contributed by atoms with E-state index in [9.17, 15) is 9.90 Å². The van der Waals surface area contributed by atoms with Gasteiger partial charge in [-0.05, 0) is 24.1 Å². The van der Waals surface area contributed by atoms with E-state index in [-0.39, 0.29) is 18.9 Å². The highest BCUT2D eigenvalue weighted by molar-refractivity contribution is 7.09. The van der Waals surface area contributed by atoms with E-state index in [0.29, 0.717) is 5.02 Å². The maximum absolute atomic E-state index is 12.0. The largest absolute Gasteiger partial charge is 0.394 e. The number of hydrogen-bond donors (Lipinski definition) is 2. The maximum Gasteiger partial charge on any atom is 0.226 e. The van der Waals surface area contributed by atoms with E-state index in [1.807, 2.05) is 12.3 Å². The molecule has 2 rings (SSSR count). The van der Waals surface area contributed by atoms with Crippen molar-refractivity contribution in [2.75, 3.05) is 6.61 Å². The smallest absolute Gasteiger partial charge is 0.226 e. The predicted octanol–water partition coefficient (Wildman–Crippen LogP) is 2.75. The van der Waals surface area contributed by atoms with Gasteiger partial charge >= 0.3 is 0 Å². The Kier molecular flexibility index (Phi) is 5.73. The molecule has 0 aliphatic heterocycles. The van der Waals surface area contributed by atoms with Crippen molar-refractivity contribution in [1.82, 2.24) is 10.3 Å². The molecule has 0 saturated carbocycles. The lowest BCUT2D eigenvalue weighted by Gasteiger charge is -2.16. The van der Waals surface area contributed by atoms with Crippen LogP contribution in [0.5, 0.6) is 0 Å². The van der Waals surface area contributed by atoms with Gasteiger partial charge in [-0.2, -0.15) is 0 Å². The number of halogens is 1. The Morgan fingerprint density at radius 2 is 2.14 bits per heavy atom. The first kappa shape index (κ1) is 15.9. The van der Waals surface area contributed by atoms with Gasteiger partial charge in [-0.1, -0.05) is 30.7 Å². The number of thiazole rings is 1. The Labute approximate surface area is 132 Å². The molecule has 1 amide bonds. The molecule has 1 aromatic heterocycles. The third-order valence-corrected chi connectivity index (χ3v) is 4.33. The van der Waals surface area contributed by atoms with Crippen molar-refractivity contribution in [3.8, 4) is 0 Å². The zero-order valence-electron chi connectivity index (χ0n) is 11.7. The van der Waals surface area contributed by atoms with Crippen molar-refractivity contribution in [1.29, 1.82) is 0 Å². The molecule has 112 valence electrons. The molecule has 6 heteroatoms. The standard InChI is InChI=1S/C15H17ClN2O2S/c1-2-15-17-12(9-21-15)7-14(20)18-13(8-19)10-3-5-11(16)6-4-10/h3-6,9,13,19H,2,7-8H2,1H3,(H,18,20). The van der Waals surface area contributed by atoms with E-state index in [0.717, 1.165) is 22.7 Å². The molecule has 1 unspecified atom stereocenters. The van der Waals surface area contributed by atoms with E-state index in [1.54, 1.807) is 35.6 Å². The van der Waals surface area contributed by atoms with Crippen molar-refractivity contribution in [2.24, 2.45) is 0 Å². The van der Waals surface area contributed by atoms with Gasteiger partial charge in [-0.15, -0.1) is 11.3 Å². The Morgan fingerprint density at radius 3 is 2.71 bits per heavy atom. The van der Waals surface area contributed by atoms with Crippen LogP contribution in [0.25, 0.3) is 0 Å². The molecular formula is C15H17ClN2O2S. The number of aryl methyl sites for hydroxylation is 1. The van der Waals surface area contributed by atoms with E-state index in [1.165, 1.54) is 0 Å². The lowest BCUT2D eigenvalue weighted by atomic mass is 10.1. The first-order chi connectivity index (χ1) is 10.1. The number of hydrogen-bond acceptors (Lipinski definition) is 4. The van der Waals surface area contributed by atoms with Crippen LogP contribution in [0.15, 0.2) is 29.6 Å². The summed E-state index contributed by atoms with van der Waals surface area (Å²) in [5.41, 5.74) is 1.59. The Hall–Kier alpha value is -1.43. The second-order valence-corrected chi connectivity index (χ2v) is 6.00. The molecule has 1 atom stereocenters. The molecule has 0 saturated heterocycles. The number of carbonyl (C=O) groups is 1. The molecule has 1 aromatic carbocycles. The zero-order valence-corrected chi connectivity index (χ0v) is 13.2. The van der Waals surface area contributed by atoms with Crippen molar-refractivity contribution in [3.05, 3.63) is 50.9 Å². The summed E-state index contributed by atoms with van der Waals surface area (Å²) < 4.78 is 0. The van der Waals surface area contributed by atoms with Crippen LogP contribution >= 0.6 is 22.9 Å². The summed E-state index contributed by atoms with van der Waals surface area (Å²) in [6.45, 7) is 1.87. The van der Waals surface area contributed by atoms with Crippen LogP contribution in [0.1, 0.15) is 29.2 Å². The highest BCUT2D eigenvalue weighted by Crippen LogP contribution is 2.17. The predicted molar refractivity (Wildman–Crippen MR) is 84.6 cm³/mol. The molecule has 0 aliphatic rings. The first-order valence-electron chi connectivity index (χ1n) is 6.71. The molecule has 0 spiro atoms. The molecular weight excluding hydrogens is 308 g/mol. The maximum atomic E-state index is 12.0. The van der Waals surface area contributed by atoms with Gasteiger partial charge in [0.05, 0.1) is 29.8 Å². The lowest BCUT2D eigenvalue weighted by molar-refractivity contribution is -0.121. The van der Waals surface area contributed by atoms with Gasteiger partial charge in [0.1, 0.15) is 0 Å². The molecule has 0 aliphatic carbocycles. The number of amides is 1. The van der Waals surface area contributed by atoms with E-state index >= 15 is 0 Å². The van der Waals surface area contributed by atoms with Gasteiger partial charge in [0.2, 0.25) is 5.91 Å². The minimum Gasteiger partial charge on any atom is -0.394 e. The van der Waals surface area contributed by atoms with Crippen LogP contribution in [0.4, 0.5) is 0 Å². The minimum atomic E-state index is -0.431. The molecule has 2 aromatic rings. The summed E-state index contributed by atoms with van der Waals surface area (Å²) in [6.07, 6.45) is 1.09. The monoisotopic (exact) mass is 324 g/mol. The Balaban J connectivity index is 1.97. The molecule has 2 N–H and O–H groups in total. The van der Waals surface area contributed by atoms with Gasteiger partial charge in [-0.3, -0.25) is 4.79 Å². The molecule has 4 nitrogen and oxygen atoms in total.